The smallest absolute Gasteiger partial charge is 0.264 e. The SMILES string of the molecule is Cc1cccc(C)c1-c1cc2nc(n1)NS(=O)(=O)c1cccc(c1)C(=O)N(CC1CC(N3C[C@@H](C)O[C@@H](C)C3)C1)[C@H](CC(C)(C)C)CO2. The van der Waals surface area contributed by atoms with Crippen LogP contribution >= 0.6 is 0 Å². The number of amides is 1. The lowest BCUT2D eigenvalue weighted by Gasteiger charge is -2.49. The molecule has 0 radical (unpaired) electrons. The summed E-state index contributed by atoms with van der Waals surface area (Å²) in [7, 11) is -4.12. The molecule has 3 atom stereocenters. The molecule has 2 fully saturated rings. The summed E-state index contributed by atoms with van der Waals surface area (Å²) in [6.45, 7) is 17.3. The van der Waals surface area contributed by atoms with Crippen LogP contribution < -0.4 is 9.46 Å². The first-order valence-corrected chi connectivity index (χ1v) is 18.6. The van der Waals surface area contributed by atoms with Crippen LogP contribution in [0.1, 0.15) is 75.4 Å². The van der Waals surface area contributed by atoms with E-state index in [0.29, 0.717) is 36.2 Å². The van der Waals surface area contributed by atoms with Gasteiger partial charge in [-0.15, -0.1) is 0 Å². The van der Waals surface area contributed by atoms with Gasteiger partial charge in [0, 0.05) is 42.9 Å². The molecule has 6 rings (SSSR count). The van der Waals surface area contributed by atoms with Crippen molar-refractivity contribution in [3.05, 3.63) is 65.2 Å². The van der Waals surface area contributed by atoms with Gasteiger partial charge in [0.15, 0.2) is 0 Å². The van der Waals surface area contributed by atoms with E-state index in [0.717, 1.165) is 42.6 Å². The lowest BCUT2D eigenvalue weighted by Crippen LogP contribution is -2.56. The van der Waals surface area contributed by atoms with Gasteiger partial charge in [-0.05, 0) is 87.6 Å². The molecule has 0 unspecified atom stereocenters. The van der Waals surface area contributed by atoms with Crippen LogP contribution in [-0.2, 0) is 14.8 Å². The first-order chi connectivity index (χ1) is 22.6. The zero-order valence-electron chi connectivity index (χ0n) is 29.2. The number of sulfonamides is 1. The predicted octanol–water partition coefficient (Wildman–Crippen LogP) is 6.09. The van der Waals surface area contributed by atoms with Crippen molar-refractivity contribution in [1.29, 1.82) is 0 Å². The van der Waals surface area contributed by atoms with Crippen LogP contribution in [-0.4, -0.2) is 84.6 Å². The van der Waals surface area contributed by atoms with Crippen molar-refractivity contribution in [1.82, 2.24) is 19.8 Å². The van der Waals surface area contributed by atoms with Gasteiger partial charge in [-0.2, -0.15) is 4.98 Å². The van der Waals surface area contributed by atoms with Crippen molar-refractivity contribution in [2.75, 3.05) is 31.0 Å². The van der Waals surface area contributed by atoms with Crippen molar-refractivity contribution in [3.8, 4) is 17.1 Å². The maximum Gasteiger partial charge on any atom is 0.264 e. The third-order valence-corrected chi connectivity index (χ3v) is 11.0. The number of hydrogen-bond donors (Lipinski definition) is 1. The molecular formula is C37H49N5O5S. The van der Waals surface area contributed by atoms with Gasteiger partial charge in [-0.1, -0.05) is 45.0 Å². The first kappa shape index (κ1) is 34.3. The summed E-state index contributed by atoms with van der Waals surface area (Å²) in [5.74, 6) is 0.283. The molecule has 1 saturated heterocycles. The van der Waals surface area contributed by atoms with E-state index in [1.807, 2.05) is 36.9 Å². The minimum atomic E-state index is -4.12. The number of ether oxygens (including phenoxy) is 2. The molecule has 0 spiro atoms. The Bertz CT molecular complexity index is 1740. The minimum absolute atomic E-state index is 0.0253. The van der Waals surface area contributed by atoms with Crippen molar-refractivity contribution >= 4 is 21.9 Å². The zero-order valence-corrected chi connectivity index (χ0v) is 30.0. The van der Waals surface area contributed by atoms with Crippen LogP contribution in [0.2, 0.25) is 0 Å². The lowest BCUT2D eigenvalue weighted by molar-refractivity contribution is -0.0978. The molecule has 48 heavy (non-hydrogen) atoms. The summed E-state index contributed by atoms with van der Waals surface area (Å²) >= 11 is 0. The number of fused-ring (bicyclic) bond motifs is 4. The largest absolute Gasteiger partial charge is 0.475 e. The normalized spacial score (nSPS) is 26.3. The van der Waals surface area contributed by atoms with Gasteiger partial charge in [-0.25, -0.2) is 18.1 Å². The number of aryl methyl sites for hydroxylation is 2. The van der Waals surface area contributed by atoms with Crippen molar-refractivity contribution in [2.45, 2.75) is 96.9 Å². The third-order valence-electron chi connectivity index (χ3n) is 9.66. The summed E-state index contributed by atoms with van der Waals surface area (Å²) in [6.07, 6.45) is 3.10. The van der Waals surface area contributed by atoms with E-state index in [4.69, 9.17) is 9.47 Å². The molecule has 1 amide bonds. The lowest BCUT2D eigenvalue weighted by atomic mass is 9.77. The summed E-state index contributed by atoms with van der Waals surface area (Å²) < 4.78 is 42.3. The number of anilines is 1. The second-order valence-electron chi connectivity index (χ2n) is 15.2. The number of nitrogens with zero attached hydrogens (tertiary/aromatic N) is 4. The van der Waals surface area contributed by atoms with E-state index in [2.05, 4.69) is 54.2 Å². The summed E-state index contributed by atoms with van der Waals surface area (Å²) in [6, 6.07) is 14.2. The van der Waals surface area contributed by atoms with E-state index < -0.39 is 10.0 Å². The average Bonchev–Trinajstić information content (AvgIpc) is 2.97. The van der Waals surface area contributed by atoms with E-state index >= 15 is 0 Å². The number of benzene rings is 2. The highest BCUT2D eigenvalue weighted by Crippen LogP contribution is 2.37. The quantitative estimate of drug-likeness (QED) is 0.346. The zero-order chi connectivity index (χ0) is 34.4. The van der Waals surface area contributed by atoms with Crippen molar-refractivity contribution in [3.63, 3.8) is 0 Å². The Morgan fingerprint density at radius 3 is 2.29 bits per heavy atom. The Kier molecular flexibility index (Phi) is 9.58. The number of aromatic nitrogens is 2. The second kappa shape index (κ2) is 13.4. The van der Waals surface area contributed by atoms with Gasteiger partial charge in [0.25, 0.3) is 15.9 Å². The summed E-state index contributed by atoms with van der Waals surface area (Å²) in [5, 5.41) is 0. The molecule has 3 heterocycles. The molecule has 4 bridgehead atoms. The van der Waals surface area contributed by atoms with Crippen LogP contribution in [0.15, 0.2) is 53.4 Å². The molecule has 11 heteroatoms. The molecule has 10 nitrogen and oxygen atoms in total. The molecule has 1 aromatic heterocycles. The van der Waals surface area contributed by atoms with Gasteiger partial charge in [0.2, 0.25) is 11.8 Å². The van der Waals surface area contributed by atoms with Gasteiger partial charge in [0.1, 0.15) is 6.61 Å². The van der Waals surface area contributed by atoms with Gasteiger partial charge < -0.3 is 14.4 Å². The average molecular weight is 676 g/mol. The number of hydrogen-bond acceptors (Lipinski definition) is 8. The molecule has 2 aliphatic heterocycles. The number of carbonyl (C=O) groups is 1. The third kappa shape index (κ3) is 7.68. The molecule has 1 saturated carbocycles. The highest BCUT2D eigenvalue weighted by Gasteiger charge is 2.40. The van der Waals surface area contributed by atoms with E-state index in [-0.39, 0.29) is 52.9 Å². The molecule has 1 aliphatic carbocycles. The highest BCUT2D eigenvalue weighted by molar-refractivity contribution is 7.92. The minimum Gasteiger partial charge on any atom is -0.475 e. The van der Waals surface area contributed by atoms with E-state index in [1.54, 1.807) is 18.2 Å². The van der Waals surface area contributed by atoms with Crippen LogP contribution in [0.25, 0.3) is 11.3 Å². The van der Waals surface area contributed by atoms with Crippen LogP contribution in [0.4, 0.5) is 5.95 Å². The van der Waals surface area contributed by atoms with Gasteiger partial charge in [-0.3, -0.25) is 9.69 Å². The van der Waals surface area contributed by atoms with E-state index in [9.17, 15) is 13.2 Å². The number of nitrogens with one attached hydrogen (secondary N) is 1. The second-order valence-corrected chi connectivity index (χ2v) is 16.9. The Hall–Kier alpha value is -3.54. The number of morpholine rings is 1. The standard InChI is InChI=1S/C37H49N5O5S/c1-23-10-8-11-24(2)34(23)32-17-33-39-36(38-32)40-48(44,45)31-13-9-12-28(16-31)35(43)42(30(22-46-33)18-37(5,6)7)21-27-14-29(15-27)41-19-25(3)47-26(4)20-41/h8-13,16-17,25-27,29-30H,14-15,18-22H2,1-7H3,(H,38,39,40)/t25-,26+,27?,29?,30-/m1/s1. The molecule has 1 N–H and O–H groups in total. The van der Waals surface area contributed by atoms with E-state index in [1.165, 1.54) is 12.1 Å². The Labute approximate surface area is 285 Å². The van der Waals surface area contributed by atoms with Crippen LogP contribution in [0.5, 0.6) is 5.88 Å². The predicted molar refractivity (Wildman–Crippen MR) is 187 cm³/mol. The molecular weight excluding hydrogens is 627 g/mol. The maximum atomic E-state index is 14.5. The highest BCUT2D eigenvalue weighted by atomic mass is 32.2. The topological polar surface area (TPSA) is 114 Å². The van der Waals surface area contributed by atoms with Crippen molar-refractivity contribution in [2.24, 2.45) is 11.3 Å². The fourth-order valence-electron chi connectivity index (χ4n) is 7.52. The molecule has 258 valence electrons. The molecule has 3 aromatic rings. The number of rotatable bonds is 5. The Balaban J connectivity index is 1.37. The summed E-state index contributed by atoms with van der Waals surface area (Å²) in [4.78, 5) is 28.1. The van der Waals surface area contributed by atoms with Crippen molar-refractivity contribution < 1.29 is 22.7 Å². The van der Waals surface area contributed by atoms with Crippen LogP contribution in [0, 0.1) is 25.2 Å². The Morgan fingerprint density at radius 2 is 1.62 bits per heavy atom. The summed E-state index contributed by atoms with van der Waals surface area (Å²) in [5.41, 5.74) is 3.66. The fourth-order valence-corrected chi connectivity index (χ4v) is 8.51. The van der Waals surface area contributed by atoms with Crippen LogP contribution in [0.3, 0.4) is 0 Å². The molecule has 2 aromatic carbocycles. The first-order valence-electron chi connectivity index (χ1n) is 17.1. The molecule has 3 aliphatic rings. The van der Waals surface area contributed by atoms with Gasteiger partial charge in [0.05, 0.1) is 28.8 Å². The fraction of sp³-hybridized carbons (Fsp3) is 0.541. The van der Waals surface area contributed by atoms with Gasteiger partial charge >= 0.3 is 0 Å². The monoisotopic (exact) mass is 675 g/mol. The number of carbonyl (C=O) groups excluding carboxylic acids is 1. The Morgan fingerprint density at radius 1 is 0.958 bits per heavy atom. The maximum absolute atomic E-state index is 14.5.